The maximum Gasteiger partial charge on any atom is 0.0451 e. The Morgan fingerprint density at radius 1 is 1.50 bits per heavy atom. The quantitative estimate of drug-likeness (QED) is 0.916. The second kappa shape index (κ2) is 5.71. The molecule has 0 heterocycles. The highest BCUT2D eigenvalue weighted by Crippen LogP contribution is 2.21. The molecular weight excluding hydrogens is 263 g/mol. The minimum atomic E-state index is 0.669. The summed E-state index contributed by atoms with van der Waals surface area (Å²) < 4.78 is 1.05. The molecule has 0 saturated carbocycles. The molecule has 0 spiro atoms. The number of hydrogen-bond donors (Lipinski definition) is 1. The van der Waals surface area contributed by atoms with Gasteiger partial charge in [0.2, 0.25) is 0 Å². The lowest BCUT2D eigenvalue weighted by atomic mass is 10.2. The van der Waals surface area contributed by atoms with Crippen LogP contribution >= 0.6 is 27.5 Å². The maximum absolute atomic E-state index is 6.06. The van der Waals surface area contributed by atoms with E-state index in [1.807, 2.05) is 25.2 Å². The zero-order chi connectivity index (χ0) is 10.6. The molecule has 0 aliphatic carbocycles. The summed E-state index contributed by atoms with van der Waals surface area (Å²) in [6.07, 6.45) is 0. The van der Waals surface area contributed by atoms with E-state index in [0.29, 0.717) is 6.54 Å². The molecule has 0 amide bonds. The summed E-state index contributed by atoms with van der Waals surface area (Å²) in [6.45, 7) is 2.38. The van der Waals surface area contributed by atoms with Crippen molar-refractivity contribution in [2.45, 2.75) is 6.54 Å². The van der Waals surface area contributed by atoms with Crippen molar-refractivity contribution in [3.63, 3.8) is 0 Å². The molecule has 0 aromatic heterocycles. The van der Waals surface area contributed by atoms with E-state index in [-0.39, 0.29) is 0 Å². The number of halogens is 2. The van der Waals surface area contributed by atoms with Crippen molar-refractivity contribution < 1.29 is 0 Å². The highest BCUT2D eigenvalue weighted by Gasteiger charge is 2.04. The van der Waals surface area contributed by atoms with Crippen LogP contribution < -0.4 is 5.73 Å². The molecule has 0 radical (unpaired) electrons. The third kappa shape index (κ3) is 3.58. The van der Waals surface area contributed by atoms with Gasteiger partial charge in [0.1, 0.15) is 0 Å². The summed E-state index contributed by atoms with van der Waals surface area (Å²) in [5.74, 6) is 0. The highest BCUT2D eigenvalue weighted by molar-refractivity contribution is 9.10. The largest absolute Gasteiger partial charge is 0.329 e. The van der Waals surface area contributed by atoms with E-state index in [9.17, 15) is 0 Å². The van der Waals surface area contributed by atoms with Crippen LogP contribution in [0.5, 0.6) is 0 Å². The molecular formula is C10H14BrClN2. The van der Waals surface area contributed by atoms with Crippen LogP contribution in [0.25, 0.3) is 0 Å². The predicted octanol–water partition coefficient (Wildman–Crippen LogP) is 2.49. The first-order chi connectivity index (χ1) is 6.63. The minimum absolute atomic E-state index is 0.669. The fraction of sp³-hybridized carbons (Fsp3) is 0.400. The van der Waals surface area contributed by atoms with Crippen LogP contribution in [0.15, 0.2) is 22.7 Å². The van der Waals surface area contributed by atoms with Crippen molar-refractivity contribution in [2.75, 3.05) is 20.1 Å². The van der Waals surface area contributed by atoms with Gasteiger partial charge in [-0.25, -0.2) is 0 Å². The van der Waals surface area contributed by atoms with Gasteiger partial charge in [-0.1, -0.05) is 27.5 Å². The van der Waals surface area contributed by atoms with Gasteiger partial charge in [0.15, 0.2) is 0 Å². The first-order valence-corrected chi connectivity index (χ1v) is 5.63. The van der Waals surface area contributed by atoms with E-state index >= 15 is 0 Å². The molecule has 2 nitrogen and oxygen atoms in total. The lowest BCUT2D eigenvalue weighted by molar-refractivity contribution is 0.336. The minimum Gasteiger partial charge on any atom is -0.329 e. The van der Waals surface area contributed by atoms with E-state index in [1.54, 1.807) is 0 Å². The Balaban J connectivity index is 2.70. The Hall–Kier alpha value is -0.0900. The SMILES string of the molecule is CN(CCN)Cc1cc(Br)ccc1Cl. The predicted molar refractivity (Wildman–Crippen MR) is 64.5 cm³/mol. The average molecular weight is 278 g/mol. The van der Waals surface area contributed by atoms with E-state index < -0.39 is 0 Å². The second-order valence-corrected chi connectivity index (χ2v) is 4.59. The number of nitrogens with zero attached hydrogens (tertiary/aromatic N) is 1. The summed E-state index contributed by atoms with van der Waals surface area (Å²) in [4.78, 5) is 2.15. The Labute approximate surface area is 98.2 Å². The molecule has 1 aromatic rings. The van der Waals surface area contributed by atoms with Crippen molar-refractivity contribution in [3.05, 3.63) is 33.3 Å². The standard InChI is InChI=1S/C10H14BrClN2/c1-14(5-4-13)7-8-6-9(11)2-3-10(8)12/h2-3,6H,4-5,7,13H2,1H3. The molecule has 0 bridgehead atoms. The maximum atomic E-state index is 6.06. The third-order valence-corrected chi connectivity index (χ3v) is 2.82. The lowest BCUT2D eigenvalue weighted by Crippen LogP contribution is -2.25. The molecule has 78 valence electrons. The van der Waals surface area contributed by atoms with Crippen molar-refractivity contribution in [1.29, 1.82) is 0 Å². The van der Waals surface area contributed by atoms with Crippen LogP contribution in [-0.2, 0) is 6.54 Å². The molecule has 1 rings (SSSR count). The average Bonchev–Trinajstić information content (AvgIpc) is 2.12. The summed E-state index contributed by atoms with van der Waals surface area (Å²) >= 11 is 9.49. The van der Waals surface area contributed by atoms with Gasteiger partial charge in [0.25, 0.3) is 0 Å². The molecule has 0 aliphatic heterocycles. The van der Waals surface area contributed by atoms with Gasteiger partial charge in [-0.05, 0) is 30.8 Å². The number of likely N-dealkylation sites (N-methyl/N-ethyl adjacent to an activating group) is 1. The third-order valence-electron chi connectivity index (χ3n) is 1.96. The lowest BCUT2D eigenvalue weighted by Gasteiger charge is -2.16. The van der Waals surface area contributed by atoms with Crippen molar-refractivity contribution in [2.24, 2.45) is 5.73 Å². The van der Waals surface area contributed by atoms with Crippen LogP contribution in [0.2, 0.25) is 5.02 Å². The summed E-state index contributed by atoms with van der Waals surface area (Å²) in [6, 6.07) is 5.88. The van der Waals surface area contributed by atoms with Crippen molar-refractivity contribution in [1.82, 2.24) is 4.90 Å². The van der Waals surface area contributed by atoms with Gasteiger partial charge in [-0.2, -0.15) is 0 Å². The molecule has 0 unspecified atom stereocenters. The molecule has 0 fully saturated rings. The Bertz CT molecular complexity index is 304. The Morgan fingerprint density at radius 2 is 2.21 bits per heavy atom. The normalized spacial score (nSPS) is 10.9. The van der Waals surface area contributed by atoms with Gasteiger partial charge in [0.05, 0.1) is 0 Å². The van der Waals surface area contributed by atoms with E-state index in [4.69, 9.17) is 17.3 Å². The van der Waals surface area contributed by atoms with Gasteiger partial charge in [-0.15, -0.1) is 0 Å². The number of nitrogens with two attached hydrogens (primary N) is 1. The topological polar surface area (TPSA) is 29.3 Å². The van der Waals surface area contributed by atoms with Gasteiger partial charge in [-0.3, -0.25) is 0 Å². The second-order valence-electron chi connectivity index (χ2n) is 3.26. The summed E-state index contributed by atoms with van der Waals surface area (Å²) in [5, 5.41) is 0.803. The van der Waals surface area contributed by atoms with Crippen LogP contribution in [0, 0.1) is 0 Å². The van der Waals surface area contributed by atoms with Gasteiger partial charge < -0.3 is 10.6 Å². The molecule has 0 saturated heterocycles. The zero-order valence-electron chi connectivity index (χ0n) is 8.13. The van der Waals surface area contributed by atoms with Crippen LogP contribution in [0.4, 0.5) is 0 Å². The van der Waals surface area contributed by atoms with Crippen LogP contribution in [0.3, 0.4) is 0 Å². The molecule has 0 aliphatic rings. The fourth-order valence-electron chi connectivity index (χ4n) is 1.25. The Kier molecular flexibility index (Phi) is 4.89. The van der Waals surface area contributed by atoms with Crippen LogP contribution in [0.1, 0.15) is 5.56 Å². The fourth-order valence-corrected chi connectivity index (χ4v) is 1.84. The molecule has 0 atom stereocenters. The summed E-state index contributed by atoms with van der Waals surface area (Å²) in [7, 11) is 2.03. The van der Waals surface area contributed by atoms with E-state index in [2.05, 4.69) is 20.8 Å². The van der Waals surface area contributed by atoms with Crippen LogP contribution in [-0.4, -0.2) is 25.0 Å². The molecule has 4 heteroatoms. The molecule has 1 aromatic carbocycles. The first kappa shape index (κ1) is 12.0. The Morgan fingerprint density at radius 3 is 2.86 bits per heavy atom. The summed E-state index contributed by atoms with van der Waals surface area (Å²) in [5.41, 5.74) is 6.59. The number of hydrogen-bond acceptors (Lipinski definition) is 2. The highest BCUT2D eigenvalue weighted by atomic mass is 79.9. The number of rotatable bonds is 4. The molecule has 2 N–H and O–H groups in total. The van der Waals surface area contributed by atoms with Crippen molar-refractivity contribution >= 4 is 27.5 Å². The first-order valence-electron chi connectivity index (χ1n) is 4.46. The van der Waals surface area contributed by atoms with Gasteiger partial charge >= 0.3 is 0 Å². The van der Waals surface area contributed by atoms with Crippen molar-refractivity contribution in [3.8, 4) is 0 Å². The van der Waals surface area contributed by atoms with Gasteiger partial charge in [0, 0.05) is 29.1 Å². The van der Waals surface area contributed by atoms with E-state index in [1.165, 1.54) is 0 Å². The smallest absolute Gasteiger partial charge is 0.0451 e. The zero-order valence-corrected chi connectivity index (χ0v) is 10.5. The molecule has 14 heavy (non-hydrogen) atoms. The van der Waals surface area contributed by atoms with E-state index in [0.717, 1.165) is 28.1 Å². The monoisotopic (exact) mass is 276 g/mol. The number of benzene rings is 1.